The SMILES string of the molecule is O=C(Cn1cnc2scc(-c3ccc4ccccc4c3)c2c1=O)c1ccc(Br)cc1. The van der Waals surface area contributed by atoms with E-state index in [9.17, 15) is 9.59 Å². The summed E-state index contributed by atoms with van der Waals surface area (Å²) in [5, 5.41) is 4.78. The van der Waals surface area contributed by atoms with E-state index in [1.54, 1.807) is 12.1 Å². The molecule has 5 aromatic rings. The van der Waals surface area contributed by atoms with Crippen molar-refractivity contribution in [1.29, 1.82) is 0 Å². The molecule has 0 aliphatic rings. The molecule has 6 heteroatoms. The number of hydrogen-bond donors (Lipinski definition) is 0. The van der Waals surface area contributed by atoms with Crippen LogP contribution in [-0.2, 0) is 6.54 Å². The Morgan fingerprint density at radius 1 is 1.00 bits per heavy atom. The Hall–Kier alpha value is -3.09. The number of ketones is 1. The molecule has 0 fully saturated rings. The van der Waals surface area contributed by atoms with Gasteiger partial charge in [-0.3, -0.25) is 14.2 Å². The second kappa shape index (κ2) is 7.63. The van der Waals surface area contributed by atoms with Gasteiger partial charge in [-0.05, 0) is 34.5 Å². The summed E-state index contributed by atoms with van der Waals surface area (Å²) in [6.45, 7) is -0.0452. The molecule has 0 atom stereocenters. The molecular weight excluding hydrogens is 460 g/mol. The molecule has 0 unspecified atom stereocenters. The van der Waals surface area contributed by atoms with Gasteiger partial charge in [-0.15, -0.1) is 11.3 Å². The van der Waals surface area contributed by atoms with Crippen molar-refractivity contribution in [2.45, 2.75) is 6.54 Å². The van der Waals surface area contributed by atoms with Gasteiger partial charge in [-0.2, -0.15) is 0 Å². The predicted octanol–water partition coefficient (Wildman–Crippen LogP) is 5.92. The normalized spacial score (nSPS) is 11.2. The first-order valence-corrected chi connectivity index (χ1v) is 11.0. The molecule has 30 heavy (non-hydrogen) atoms. The fourth-order valence-corrected chi connectivity index (χ4v) is 4.70. The van der Waals surface area contributed by atoms with Crippen molar-refractivity contribution >= 4 is 54.0 Å². The molecule has 0 saturated carbocycles. The van der Waals surface area contributed by atoms with Crippen LogP contribution in [0.15, 0.2) is 87.7 Å². The second-order valence-electron chi connectivity index (χ2n) is 7.00. The number of rotatable bonds is 4. The minimum absolute atomic E-state index is 0.0452. The van der Waals surface area contributed by atoms with Crippen LogP contribution in [0.2, 0.25) is 0 Å². The number of benzene rings is 3. The number of carbonyl (C=O) groups excluding carboxylic acids is 1. The number of carbonyl (C=O) groups is 1. The van der Waals surface area contributed by atoms with Gasteiger partial charge in [-0.1, -0.05) is 64.5 Å². The highest BCUT2D eigenvalue weighted by Crippen LogP contribution is 2.32. The molecule has 0 N–H and O–H groups in total. The van der Waals surface area contributed by atoms with Crippen molar-refractivity contribution < 1.29 is 4.79 Å². The molecule has 0 bridgehead atoms. The summed E-state index contributed by atoms with van der Waals surface area (Å²) >= 11 is 4.80. The van der Waals surface area contributed by atoms with E-state index in [1.807, 2.05) is 35.7 Å². The summed E-state index contributed by atoms with van der Waals surface area (Å²) in [6, 6.07) is 21.4. The van der Waals surface area contributed by atoms with E-state index >= 15 is 0 Å². The Bertz CT molecular complexity index is 1470. The molecule has 5 rings (SSSR count). The molecule has 0 spiro atoms. The average Bonchev–Trinajstić information content (AvgIpc) is 3.21. The fourth-order valence-electron chi connectivity index (χ4n) is 3.53. The zero-order valence-corrected chi connectivity index (χ0v) is 18.1. The quantitative estimate of drug-likeness (QED) is 0.303. The van der Waals surface area contributed by atoms with Crippen molar-refractivity contribution in [2.24, 2.45) is 0 Å². The summed E-state index contributed by atoms with van der Waals surface area (Å²) in [4.78, 5) is 31.0. The van der Waals surface area contributed by atoms with Crippen LogP contribution >= 0.6 is 27.3 Å². The molecule has 2 heterocycles. The van der Waals surface area contributed by atoms with Gasteiger partial charge in [0.15, 0.2) is 5.78 Å². The molecule has 3 aromatic carbocycles. The van der Waals surface area contributed by atoms with Crippen molar-refractivity contribution in [3.05, 3.63) is 98.8 Å². The van der Waals surface area contributed by atoms with E-state index in [1.165, 1.54) is 22.2 Å². The van der Waals surface area contributed by atoms with Crippen LogP contribution in [0, 0.1) is 0 Å². The van der Waals surface area contributed by atoms with Gasteiger partial charge in [0, 0.05) is 21.0 Å². The molecule has 4 nitrogen and oxygen atoms in total. The van der Waals surface area contributed by atoms with E-state index in [4.69, 9.17) is 0 Å². The third kappa shape index (κ3) is 3.38. The number of hydrogen-bond acceptors (Lipinski definition) is 4. The predicted molar refractivity (Wildman–Crippen MR) is 125 cm³/mol. The van der Waals surface area contributed by atoms with Crippen molar-refractivity contribution in [1.82, 2.24) is 9.55 Å². The monoisotopic (exact) mass is 474 g/mol. The van der Waals surface area contributed by atoms with Crippen LogP contribution in [0.25, 0.3) is 32.1 Å². The third-order valence-electron chi connectivity index (χ3n) is 5.10. The van der Waals surface area contributed by atoms with Crippen molar-refractivity contribution in [3.8, 4) is 11.1 Å². The standard InChI is InChI=1S/C24H15BrN2O2S/c25-19-9-7-16(8-10-19)21(28)12-27-14-26-23-22(24(27)29)20(13-30-23)18-6-5-15-3-1-2-4-17(15)11-18/h1-11,13-14H,12H2. The van der Waals surface area contributed by atoms with Crippen LogP contribution in [0.5, 0.6) is 0 Å². The van der Waals surface area contributed by atoms with Gasteiger partial charge in [0.1, 0.15) is 4.83 Å². The fraction of sp³-hybridized carbons (Fsp3) is 0.0417. The first-order chi connectivity index (χ1) is 14.6. The molecule has 0 aliphatic heterocycles. The van der Waals surface area contributed by atoms with E-state index < -0.39 is 0 Å². The lowest BCUT2D eigenvalue weighted by Gasteiger charge is -2.07. The van der Waals surface area contributed by atoms with E-state index in [2.05, 4.69) is 45.2 Å². The van der Waals surface area contributed by atoms with E-state index in [-0.39, 0.29) is 17.9 Å². The molecule has 0 aliphatic carbocycles. The van der Waals surface area contributed by atoms with Crippen LogP contribution in [0.1, 0.15) is 10.4 Å². The van der Waals surface area contributed by atoms with E-state index in [0.717, 1.165) is 26.4 Å². The molecule has 0 amide bonds. The number of fused-ring (bicyclic) bond motifs is 2. The summed E-state index contributed by atoms with van der Waals surface area (Å²) in [5.74, 6) is -0.131. The highest BCUT2D eigenvalue weighted by molar-refractivity contribution is 9.10. The number of halogens is 1. The molecule has 146 valence electrons. The maximum Gasteiger partial charge on any atom is 0.263 e. The Balaban J connectivity index is 1.57. The van der Waals surface area contributed by atoms with Gasteiger partial charge >= 0.3 is 0 Å². The Labute approximate surface area is 184 Å². The number of nitrogens with zero attached hydrogens (tertiary/aromatic N) is 2. The van der Waals surface area contributed by atoms with Crippen LogP contribution in [-0.4, -0.2) is 15.3 Å². The van der Waals surface area contributed by atoms with E-state index in [0.29, 0.717) is 15.8 Å². The highest BCUT2D eigenvalue weighted by atomic mass is 79.9. The van der Waals surface area contributed by atoms with Crippen LogP contribution < -0.4 is 5.56 Å². The number of aromatic nitrogens is 2. The van der Waals surface area contributed by atoms with Gasteiger partial charge in [0.05, 0.1) is 18.3 Å². The second-order valence-corrected chi connectivity index (χ2v) is 8.77. The maximum absolute atomic E-state index is 13.2. The average molecular weight is 475 g/mol. The van der Waals surface area contributed by atoms with Gasteiger partial charge in [0.2, 0.25) is 0 Å². The van der Waals surface area contributed by atoms with Crippen LogP contribution in [0.3, 0.4) is 0 Å². The zero-order chi connectivity index (χ0) is 20.7. The molecule has 0 saturated heterocycles. The molecular formula is C24H15BrN2O2S. The third-order valence-corrected chi connectivity index (χ3v) is 6.52. The van der Waals surface area contributed by atoms with Gasteiger partial charge < -0.3 is 0 Å². The zero-order valence-electron chi connectivity index (χ0n) is 15.7. The number of thiophene rings is 1. The maximum atomic E-state index is 13.2. The minimum Gasteiger partial charge on any atom is -0.292 e. The minimum atomic E-state index is -0.199. The van der Waals surface area contributed by atoms with Gasteiger partial charge in [-0.25, -0.2) is 4.98 Å². The summed E-state index contributed by atoms with van der Waals surface area (Å²) in [5.41, 5.74) is 2.18. The summed E-state index contributed by atoms with van der Waals surface area (Å²) < 4.78 is 2.29. The molecule has 2 aromatic heterocycles. The van der Waals surface area contributed by atoms with Crippen molar-refractivity contribution in [3.63, 3.8) is 0 Å². The van der Waals surface area contributed by atoms with Crippen LogP contribution in [0.4, 0.5) is 0 Å². The lowest BCUT2D eigenvalue weighted by atomic mass is 10.0. The smallest absolute Gasteiger partial charge is 0.263 e. The Morgan fingerprint density at radius 2 is 1.77 bits per heavy atom. The number of Topliss-reactive ketones (excluding diaryl/α,β-unsaturated/α-hetero) is 1. The first-order valence-electron chi connectivity index (χ1n) is 9.35. The molecule has 0 radical (unpaired) electrons. The Kier molecular flexibility index (Phi) is 4.81. The summed E-state index contributed by atoms with van der Waals surface area (Å²) in [7, 11) is 0. The lowest BCUT2D eigenvalue weighted by Crippen LogP contribution is -2.24. The lowest BCUT2D eigenvalue weighted by molar-refractivity contribution is 0.0970. The summed E-state index contributed by atoms with van der Waals surface area (Å²) in [6.07, 6.45) is 1.46. The van der Waals surface area contributed by atoms with Crippen molar-refractivity contribution in [2.75, 3.05) is 0 Å². The first kappa shape index (κ1) is 18.9. The topological polar surface area (TPSA) is 52.0 Å². The highest BCUT2D eigenvalue weighted by Gasteiger charge is 2.15. The Morgan fingerprint density at radius 3 is 2.57 bits per heavy atom. The van der Waals surface area contributed by atoms with Gasteiger partial charge in [0.25, 0.3) is 5.56 Å². The largest absolute Gasteiger partial charge is 0.292 e.